The lowest BCUT2D eigenvalue weighted by Gasteiger charge is -1.99. The van der Waals surface area contributed by atoms with Crippen LogP contribution in [0.3, 0.4) is 0 Å². The summed E-state index contributed by atoms with van der Waals surface area (Å²) in [6.45, 7) is 3.44. The predicted molar refractivity (Wildman–Crippen MR) is 47.2 cm³/mol. The van der Waals surface area contributed by atoms with E-state index in [1.165, 1.54) is 0 Å². The summed E-state index contributed by atoms with van der Waals surface area (Å²) in [4.78, 5) is 9.86. The molecule has 12 heavy (non-hydrogen) atoms. The molecular weight excluding hydrogens is 154 g/mol. The molecule has 0 radical (unpaired) electrons. The Morgan fingerprint density at radius 2 is 2.17 bits per heavy atom. The highest BCUT2D eigenvalue weighted by atomic mass is 16.6. The summed E-state index contributed by atoms with van der Waals surface area (Å²) in [5, 5.41) is 10.2. The smallest absolute Gasteiger partial charge is 0.229 e. The molecule has 62 valence electrons. The van der Waals surface area contributed by atoms with Crippen molar-refractivity contribution in [3.05, 3.63) is 52.1 Å². The normalized spacial score (nSPS) is 9.33. The van der Waals surface area contributed by atoms with E-state index in [1.54, 1.807) is 18.2 Å². The molecule has 0 heterocycles. The molecule has 0 aromatic heterocycles. The maximum atomic E-state index is 10.2. The molecule has 0 fully saturated rings. The SMILES string of the molecule is C=Cc1ccccc1C[N+](=O)[O-]. The van der Waals surface area contributed by atoms with Crippen molar-refractivity contribution in [2.24, 2.45) is 0 Å². The van der Waals surface area contributed by atoms with Crippen molar-refractivity contribution in [3.63, 3.8) is 0 Å². The molecule has 1 aromatic carbocycles. The van der Waals surface area contributed by atoms with Gasteiger partial charge in [0.15, 0.2) is 0 Å². The lowest BCUT2D eigenvalue weighted by Crippen LogP contribution is -1.99. The third kappa shape index (κ3) is 1.92. The number of benzene rings is 1. The van der Waals surface area contributed by atoms with Gasteiger partial charge in [-0.25, -0.2) is 0 Å². The number of nitro groups is 1. The second kappa shape index (κ2) is 3.67. The highest BCUT2D eigenvalue weighted by Crippen LogP contribution is 2.10. The first-order valence-corrected chi connectivity index (χ1v) is 3.56. The van der Waals surface area contributed by atoms with Crippen LogP contribution in [-0.2, 0) is 6.54 Å². The molecule has 3 heteroatoms. The zero-order valence-corrected chi connectivity index (χ0v) is 6.56. The summed E-state index contributed by atoms with van der Waals surface area (Å²) in [5.41, 5.74) is 1.53. The monoisotopic (exact) mass is 163 g/mol. The summed E-state index contributed by atoms with van der Waals surface area (Å²) in [6.07, 6.45) is 1.62. The highest BCUT2D eigenvalue weighted by molar-refractivity contribution is 5.51. The lowest BCUT2D eigenvalue weighted by molar-refractivity contribution is -0.496. The van der Waals surface area contributed by atoms with Crippen LogP contribution in [0.15, 0.2) is 30.8 Å². The summed E-state index contributed by atoms with van der Waals surface area (Å²) in [6, 6.07) is 7.16. The Morgan fingerprint density at radius 1 is 1.50 bits per heavy atom. The van der Waals surface area contributed by atoms with Gasteiger partial charge in [-0.1, -0.05) is 36.9 Å². The molecular formula is C9H9NO2. The van der Waals surface area contributed by atoms with Gasteiger partial charge in [-0.2, -0.15) is 0 Å². The first-order chi connectivity index (χ1) is 5.74. The van der Waals surface area contributed by atoms with E-state index in [9.17, 15) is 10.1 Å². The number of nitrogens with zero attached hydrogens (tertiary/aromatic N) is 1. The molecule has 0 spiro atoms. The fraction of sp³-hybridized carbons (Fsp3) is 0.111. The van der Waals surface area contributed by atoms with Crippen LogP contribution in [0.25, 0.3) is 6.08 Å². The zero-order chi connectivity index (χ0) is 8.97. The van der Waals surface area contributed by atoms with Gasteiger partial charge in [0, 0.05) is 10.5 Å². The molecule has 0 saturated heterocycles. The second-order valence-corrected chi connectivity index (χ2v) is 2.39. The van der Waals surface area contributed by atoms with E-state index >= 15 is 0 Å². The van der Waals surface area contributed by atoms with Crippen molar-refractivity contribution in [2.45, 2.75) is 6.54 Å². The highest BCUT2D eigenvalue weighted by Gasteiger charge is 2.03. The first kappa shape index (κ1) is 8.46. The maximum absolute atomic E-state index is 10.2. The maximum Gasteiger partial charge on any atom is 0.229 e. The molecule has 0 aliphatic heterocycles. The van der Waals surface area contributed by atoms with E-state index in [0.29, 0.717) is 5.56 Å². The van der Waals surface area contributed by atoms with E-state index in [2.05, 4.69) is 6.58 Å². The summed E-state index contributed by atoms with van der Waals surface area (Å²) >= 11 is 0. The van der Waals surface area contributed by atoms with Crippen LogP contribution in [-0.4, -0.2) is 4.92 Å². The van der Waals surface area contributed by atoms with E-state index in [-0.39, 0.29) is 11.5 Å². The van der Waals surface area contributed by atoms with E-state index < -0.39 is 0 Å². The van der Waals surface area contributed by atoms with Crippen molar-refractivity contribution < 1.29 is 4.92 Å². The van der Waals surface area contributed by atoms with E-state index in [1.807, 2.05) is 12.1 Å². The average molecular weight is 163 g/mol. The molecule has 0 saturated carbocycles. The van der Waals surface area contributed by atoms with Crippen LogP contribution in [0.2, 0.25) is 0 Å². The molecule has 1 rings (SSSR count). The number of rotatable bonds is 3. The van der Waals surface area contributed by atoms with Crippen LogP contribution < -0.4 is 0 Å². The fourth-order valence-electron chi connectivity index (χ4n) is 1.02. The lowest BCUT2D eigenvalue weighted by atomic mass is 10.1. The fourth-order valence-corrected chi connectivity index (χ4v) is 1.02. The number of hydrogen-bond acceptors (Lipinski definition) is 2. The summed E-state index contributed by atoms with van der Waals surface area (Å²) in [5.74, 6) is 0. The minimum atomic E-state index is -0.345. The van der Waals surface area contributed by atoms with Gasteiger partial charge in [-0.15, -0.1) is 0 Å². The largest absolute Gasteiger partial charge is 0.264 e. The molecule has 3 nitrogen and oxygen atoms in total. The molecule has 0 aliphatic carbocycles. The van der Waals surface area contributed by atoms with Crippen molar-refractivity contribution in [1.82, 2.24) is 0 Å². The summed E-state index contributed by atoms with van der Waals surface area (Å²) in [7, 11) is 0. The van der Waals surface area contributed by atoms with Gasteiger partial charge in [0.25, 0.3) is 0 Å². The van der Waals surface area contributed by atoms with E-state index in [0.717, 1.165) is 5.56 Å². The van der Waals surface area contributed by atoms with Crippen molar-refractivity contribution >= 4 is 6.08 Å². The molecule has 0 unspecified atom stereocenters. The third-order valence-electron chi connectivity index (χ3n) is 1.57. The standard InChI is InChI=1S/C9H9NO2/c1-2-8-5-3-4-6-9(8)7-10(11)12/h2-6H,1,7H2. The van der Waals surface area contributed by atoms with Crippen molar-refractivity contribution in [1.29, 1.82) is 0 Å². The Labute approximate surface area is 70.5 Å². The molecule has 0 atom stereocenters. The first-order valence-electron chi connectivity index (χ1n) is 3.56. The van der Waals surface area contributed by atoms with Crippen LogP contribution in [0, 0.1) is 10.1 Å². The van der Waals surface area contributed by atoms with Gasteiger partial charge in [0.05, 0.1) is 0 Å². The quantitative estimate of drug-likeness (QED) is 0.506. The minimum absolute atomic E-state index is 0.137. The van der Waals surface area contributed by atoms with Crippen molar-refractivity contribution in [2.75, 3.05) is 0 Å². The molecule has 0 N–H and O–H groups in total. The van der Waals surface area contributed by atoms with Gasteiger partial charge in [-0.3, -0.25) is 10.1 Å². The topological polar surface area (TPSA) is 43.1 Å². The second-order valence-electron chi connectivity index (χ2n) is 2.39. The van der Waals surface area contributed by atoms with Gasteiger partial charge < -0.3 is 0 Å². The molecule has 0 bridgehead atoms. The van der Waals surface area contributed by atoms with Crippen LogP contribution >= 0.6 is 0 Å². The van der Waals surface area contributed by atoms with Gasteiger partial charge in [-0.05, 0) is 5.56 Å². The van der Waals surface area contributed by atoms with Gasteiger partial charge in [0.2, 0.25) is 6.54 Å². The Balaban J connectivity index is 2.96. The Hall–Kier alpha value is -1.64. The summed E-state index contributed by atoms with van der Waals surface area (Å²) < 4.78 is 0. The van der Waals surface area contributed by atoms with Crippen molar-refractivity contribution in [3.8, 4) is 0 Å². The van der Waals surface area contributed by atoms with Gasteiger partial charge >= 0.3 is 0 Å². The number of hydrogen-bond donors (Lipinski definition) is 0. The van der Waals surface area contributed by atoms with Crippen LogP contribution in [0.4, 0.5) is 0 Å². The van der Waals surface area contributed by atoms with Crippen LogP contribution in [0.1, 0.15) is 11.1 Å². The molecule has 1 aromatic rings. The molecule has 0 amide bonds. The van der Waals surface area contributed by atoms with E-state index in [4.69, 9.17) is 0 Å². The average Bonchev–Trinajstić information content (AvgIpc) is 2.04. The predicted octanol–water partition coefficient (Wildman–Crippen LogP) is 2.11. The third-order valence-corrected chi connectivity index (χ3v) is 1.57. The zero-order valence-electron chi connectivity index (χ0n) is 6.56. The van der Waals surface area contributed by atoms with Crippen LogP contribution in [0.5, 0.6) is 0 Å². The minimum Gasteiger partial charge on any atom is -0.264 e. The van der Waals surface area contributed by atoms with Gasteiger partial charge in [0.1, 0.15) is 0 Å². The Kier molecular flexibility index (Phi) is 2.58. The Morgan fingerprint density at radius 3 is 2.75 bits per heavy atom. The Bertz CT molecular complexity index is 307. The molecule has 0 aliphatic rings.